The summed E-state index contributed by atoms with van der Waals surface area (Å²) < 4.78 is 0. The van der Waals surface area contributed by atoms with Gasteiger partial charge in [0.05, 0.1) is 11.0 Å². The topological polar surface area (TPSA) is 89.5 Å². The Morgan fingerprint density at radius 1 is 1.28 bits per heavy atom. The molecule has 0 aliphatic heterocycles. The molecular weight excluding hydrogens is 365 g/mol. The Hall–Kier alpha value is -2.15. The molecule has 1 unspecified atom stereocenters. The third kappa shape index (κ3) is 5.70. The van der Waals surface area contributed by atoms with Gasteiger partial charge < -0.3 is 10.6 Å². The van der Waals surface area contributed by atoms with Gasteiger partial charge in [-0.1, -0.05) is 41.9 Å². The maximum atomic E-state index is 12.4. The Kier molecular flexibility index (Phi) is 7.83. The van der Waals surface area contributed by atoms with Gasteiger partial charge in [0.2, 0.25) is 5.91 Å². The highest BCUT2D eigenvalue weighted by atomic mass is 35.5. The molecule has 0 saturated carbocycles. The highest BCUT2D eigenvalue weighted by molar-refractivity contribution is 6.31. The molecule has 0 aromatic heterocycles. The van der Waals surface area contributed by atoms with E-state index in [2.05, 4.69) is 0 Å². The molecule has 2 aromatic rings. The zero-order valence-corrected chi connectivity index (χ0v) is 15.2. The van der Waals surface area contributed by atoms with Gasteiger partial charge in [0.25, 0.3) is 5.69 Å². The van der Waals surface area contributed by atoms with E-state index in [-0.39, 0.29) is 30.5 Å². The Bertz CT molecular complexity index is 741. The first kappa shape index (κ1) is 20.9. The average Bonchev–Trinajstić information content (AvgIpc) is 2.56. The van der Waals surface area contributed by atoms with Gasteiger partial charge in [-0.15, -0.1) is 12.4 Å². The fourth-order valence-corrected chi connectivity index (χ4v) is 2.55. The molecule has 6 nitrogen and oxygen atoms in total. The molecule has 2 aromatic carbocycles. The Balaban J connectivity index is 0.00000312. The lowest BCUT2D eigenvalue weighted by atomic mass is 10.1. The van der Waals surface area contributed by atoms with Crippen molar-refractivity contribution >= 4 is 35.6 Å². The zero-order chi connectivity index (χ0) is 17.7. The summed E-state index contributed by atoms with van der Waals surface area (Å²) in [5.74, 6) is -0.249. The minimum atomic E-state index is -0.685. The fourth-order valence-electron chi connectivity index (χ4n) is 2.37. The number of carbonyl (C=O) groups is 1. The lowest BCUT2D eigenvalue weighted by Crippen LogP contribution is -2.42. The second-order valence-corrected chi connectivity index (χ2v) is 5.93. The molecule has 2 rings (SSSR count). The van der Waals surface area contributed by atoms with Crippen LogP contribution in [-0.4, -0.2) is 28.8 Å². The fraction of sp³-hybridized carbons (Fsp3) is 0.235. The normalized spacial score (nSPS) is 11.3. The summed E-state index contributed by atoms with van der Waals surface area (Å²) in [7, 11) is 1.60. The molecule has 0 fully saturated rings. The number of carbonyl (C=O) groups excluding carboxylic acids is 1. The maximum absolute atomic E-state index is 12.4. The van der Waals surface area contributed by atoms with Gasteiger partial charge >= 0.3 is 0 Å². The van der Waals surface area contributed by atoms with Crippen LogP contribution in [0.5, 0.6) is 0 Å². The van der Waals surface area contributed by atoms with Gasteiger partial charge in [-0.2, -0.15) is 0 Å². The number of nitrogens with two attached hydrogens (primary N) is 1. The van der Waals surface area contributed by atoms with E-state index in [4.69, 9.17) is 17.3 Å². The molecule has 8 heteroatoms. The Morgan fingerprint density at radius 2 is 1.92 bits per heavy atom. The van der Waals surface area contributed by atoms with Crippen molar-refractivity contribution in [2.45, 2.75) is 19.0 Å². The number of hydrogen-bond acceptors (Lipinski definition) is 4. The minimum absolute atomic E-state index is 0. The summed E-state index contributed by atoms with van der Waals surface area (Å²) in [6.45, 7) is 0.155. The summed E-state index contributed by atoms with van der Waals surface area (Å²) in [6, 6.07) is 13.0. The van der Waals surface area contributed by atoms with Crippen LogP contribution in [0.15, 0.2) is 48.5 Å². The zero-order valence-electron chi connectivity index (χ0n) is 13.6. The third-order valence-corrected chi connectivity index (χ3v) is 4.01. The van der Waals surface area contributed by atoms with Crippen molar-refractivity contribution in [2.75, 3.05) is 7.05 Å². The van der Waals surface area contributed by atoms with E-state index in [1.165, 1.54) is 23.1 Å². The van der Waals surface area contributed by atoms with Gasteiger partial charge in [0.1, 0.15) is 0 Å². The number of amides is 1. The quantitative estimate of drug-likeness (QED) is 0.612. The molecule has 1 amide bonds. The van der Waals surface area contributed by atoms with Gasteiger partial charge in [-0.3, -0.25) is 14.9 Å². The number of nitro benzene ring substituents is 1. The summed E-state index contributed by atoms with van der Waals surface area (Å²) in [5, 5.41) is 11.2. The maximum Gasteiger partial charge on any atom is 0.269 e. The number of benzene rings is 2. The molecule has 0 radical (unpaired) electrons. The van der Waals surface area contributed by atoms with Crippen LogP contribution in [0, 0.1) is 10.1 Å². The van der Waals surface area contributed by atoms with Crippen LogP contribution in [-0.2, 0) is 17.8 Å². The standard InChI is InChI=1S/C17H18ClN3O3.ClH/c1-20(11-13-10-14(21(23)24)7-8-15(13)18)17(22)16(19)9-12-5-3-2-4-6-12;/h2-8,10,16H,9,11,19H2,1H3;1H. The van der Waals surface area contributed by atoms with Crippen molar-refractivity contribution in [1.82, 2.24) is 4.90 Å². The number of nitro groups is 1. The van der Waals surface area contributed by atoms with E-state index in [0.29, 0.717) is 17.0 Å². The van der Waals surface area contributed by atoms with Crippen LogP contribution in [0.4, 0.5) is 5.69 Å². The van der Waals surface area contributed by atoms with Crippen molar-refractivity contribution in [1.29, 1.82) is 0 Å². The SMILES string of the molecule is CN(Cc1cc([N+](=O)[O-])ccc1Cl)C(=O)C(N)Cc1ccccc1.Cl. The minimum Gasteiger partial charge on any atom is -0.340 e. The van der Waals surface area contributed by atoms with Gasteiger partial charge in [-0.05, 0) is 23.6 Å². The highest BCUT2D eigenvalue weighted by Crippen LogP contribution is 2.23. The van der Waals surface area contributed by atoms with Gasteiger partial charge in [-0.25, -0.2) is 0 Å². The average molecular weight is 384 g/mol. The lowest BCUT2D eigenvalue weighted by Gasteiger charge is -2.22. The number of hydrogen-bond donors (Lipinski definition) is 1. The molecule has 0 aliphatic rings. The summed E-state index contributed by atoms with van der Waals surface area (Å²) in [6.07, 6.45) is 0.423. The highest BCUT2D eigenvalue weighted by Gasteiger charge is 2.20. The molecule has 0 heterocycles. The van der Waals surface area contributed by atoms with Crippen molar-refractivity contribution in [2.24, 2.45) is 5.73 Å². The summed E-state index contributed by atoms with van der Waals surface area (Å²) >= 11 is 6.07. The molecule has 25 heavy (non-hydrogen) atoms. The number of nitrogens with zero attached hydrogens (tertiary/aromatic N) is 2. The van der Waals surface area contributed by atoms with Gasteiger partial charge in [0, 0.05) is 30.7 Å². The van der Waals surface area contributed by atoms with Crippen LogP contribution in [0.2, 0.25) is 5.02 Å². The molecule has 0 aliphatic carbocycles. The van der Waals surface area contributed by atoms with Crippen LogP contribution in [0.1, 0.15) is 11.1 Å². The third-order valence-electron chi connectivity index (χ3n) is 3.64. The second-order valence-electron chi connectivity index (χ2n) is 5.52. The predicted molar refractivity (Wildman–Crippen MR) is 99.9 cm³/mol. The first-order chi connectivity index (χ1) is 11.4. The van der Waals surface area contributed by atoms with Crippen molar-refractivity contribution in [3.63, 3.8) is 0 Å². The molecule has 0 bridgehead atoms. The number of likely N-dealkylation sites (N-methyl/N-ethyl adjacent to an activating group) is 1. The summed E-state index contributed by atoms with van der Waals surface area (Å²) in [5.41, 5.74) is 7.40. The van der Waals surface area contributed by atoms with Crippen molar-refractivity contribution in [3.8, 4) is 0 Å². The van der Waals surface area contributed by atoms with Gasteiger partial charge in [0.15, 0.2) is 0 Å². The van der Waals surface area contributed by atoms with Crippen LogP contribution in [0.3, 0.4) is 0 Å². The van der Waals surface area contributed by atoms with E-state index < -0.39 is 11.0 Å². The van der Waals surface area contributed by atoms with Crippen LogP contribution >= 0.6 is 24.0 Å². The number of rotatable bonds is 6. The second kappa shape index (κ2) is 9.36. The van der Waals surface area contributed by atoms with E-state index in [9.17, 15) is 14.9 Å². The first-order valence-electron chi connectivity index (χ1n) is 7.35. The van der Waals surface area contributed by atoms with Crippen molar-refractivity contribution in [3.05, 3.63) is 74.8 Å². The first-order valence-corrected chi connectivity index (χ1v) is 7.73. The van der Waals surface area contributed by atoms with E-state index >= 15 is 0 Å². The molecular formula is C17H19Cl2N3O3. The van der Waals surface area contributed by atoms with Crippen molar-refractivity contribution < 1.29 is 9.72 Å². The molecule has 0 spiro atoms. The monoisotopic (exact) mass is 383 g/mol. The van der Waals surface area contributed by atoms with E-state index in [1.807, 2.05) is 30.3 Å². The molecule has 134 valence electrons. The molecule has 2 N–H and O–H groups in total. The number of non-ortho nitro benzene ring substituents is 1. The van der Waals surface area contributed by atoms with E-state index in [1.54, 1.807) is 7.05 Å². The van der Waals surface area contributed by atoms with Crippen LogP contribution < -0.4 is 5.73 Å². The summed E-state index contributed by atoms with van der Waals surface area (Å²) in [4.78, 5) is 24.2. The van der Waals surface area contributed by atoms with Crippen LogP contribution in [0.25, 0.3) is 0 Å². The Morgan fingerprint density at radius 3 is 2.52 bits per heavy atom. The molecule has 1 atom stereocenters. The Labute approximate surface area is 157 Å². The lowest BCUT2D eigenvalue weighted by molar-refractivity contribution is -0.384. The largest absolute Gasteiger partial charge is 0.340 e. The number of halogens is 2. The predicted octanol–water partition coefficient (Wildman–Crippen LogP) is 3.20. The smallest absolute Gasteiger partial charge is 0.269 e. The van der Waals surface area contributed by atoms with E-state index in [0.717, 1.165) is 5.56 Å². The molecule has 0 saturated heterocycles.